The van der Waals surface area contributed by atoms with Crippen LogP contribution in [0.25, 0.3) is 22.0 Å². The van der Waals surface area contributed by atoms with E-state index in [1.165, 1.54) is 5.56 Å². The van der Waals surface area contributed by atoms with Gasteiger partial charge in [-0.1, -0.05) is 30.3 Å². The number of pyridine rings is 1. The van der Waals surface area contributed by atoms with Crippen molar-refractivity contribution in [2.75, 3.05) is 14.2 Å². The number of hydrogen-bond acceptors (Lipinski definition) is 3. The van der Waals surface area contributed by atoms with Crippen LogP contribution < -0.4 is 9.47 Å². The Morgan fingerprint density at radius 2 is 1.52 bits per heavy atom. The molecule has 0 aliphatic heterocycles. The fourth-order valence-electron chi connectivity index (χ4n) is 2.54. The molecule has 0 unspecified atom stereocenters. The summed E-state index contributed by atoms with van der Waals surface area (Å²) in [6, 6.07) is 16.3. The number of methoxy groups -OCH3 is 2. The molecule has 21 heavy (non-hydrogen) atoms. The topological polar surface area (TPSA) is 31.4 Å². The Bertz CT molecular complexity index is 782. The Morgan fingerprint density at radius 3 is 2.19 bits per heavy atom. The third kappa shape index (κ3) is 2.42. The molecule has 0 spiro atoms. The number of hydrogen-bond donors (Lipinski definition) is 0. The number of ether oxygens (including phenoxy) is 2. The van der Waals surface area contributed by atoms with Gasteiger partial charge in [-0.25, -0.2) is 0 Å². The summed E-state index contributed by atoms with van der Waals surface area (Å²) >= 11 is 0. The van der Waals surface area contributed by atoms with Crippen LogP contribution >= 0.6 is 0 Å². The van der Waals surface area contributed by atoms with E-state index in [0.717, 1.165) is 22.2 Å². The number of aryl methyl sites for hydroxylation is 1. The highest BCUT2D eigenvalue weighted by molar-refractivity contribution is 5.96. The van der Waals surface area contributed by atoms with Gasteiger partial charge in [0, 0.05) is 17.1 Å². The molecular weight excluding hydrogens is 262 g/mol. The first-order valence-corrected chi connectivity index (χ1v) is 6.81. The first-order chi connectivity index (χ1) is 10.2. The van der Waals surface area contributed by atoms with Crippen molar-refractivity contribution < 1.29 is 9.47 Å². The smallest absolute Gasteiger partial charge is 0.162 e. The van der Waals surface area contributed by atoms with Gasteiger partial charge in [-0.15, -0.1) is 0 Å². The lowest BCUT2D eigenvalue weighted by Gasteiger charge is -2.12. The second kappa shape index (κ2) is 5.44. The lowest BCUT2D eigenvalue weighted by molar-refractivity contribution is 0.356. The Balaban J connectivity index is 2.34. The van der Waals surface area contributed by atoms with Crippen LogP contribution in [0.1, 0.15) is 5.69 Å². The molecule has 0 fully saturated rings. The van der Waals surface area contributed by atoms with Crippen LogP contribution in [-0.2, 0) is 0 Å². The minimum atomic E-state index is 0.696. The highest BCUT2D eigenvalue weighted by atomic mass is 16.5. The van der Waals surface area contributed by atoms with Gasteiger partial charge in [-0.3, -0.25) is 4.98 Å². The lowest BCUT2D eigenvalue weighted by atomic mass is 10.00. The van der Waals surface area contributed by atoms with Gasteiger partial charge in [-0.05, 0) is 30.2 Å². The quantitative estimate of drug-likeness (QED) is 0.719. The van der Waals surface area contributed by atoms with E-state index >= 15 is 0 Å². The first-order valence-electron chi connectivity index (χ1n) is 6.81. The molecule has 1 aromatic heterocycles. The monoisotopic (exact) mass is 279 g/mol. The summed E-state index contributed by atoms with van der Waals surface area (Å²) in [5, 5.41) is 1.06. The third-order valence-electron chi connectivity index (χ3n) is 3.53. The first kappa shape index (κ1) is 13.4. The van der Waals surface area contributed by atoms with Crippen LogP contribution in [0.5, 0.6) is 11.5 Å². The predicted octanol–water partition coefficient (Wildman–Crippen LogP) is 4.23. The van der Waals surface area contributed by atoms with Gasteiger partial charge < -0.3 is 9.47 Å². The molecule has 0 aliphatic carbocycles. The molecular formula is C18H17NO2. The maximum absolute atomic E-state index is 5.41. The second-order valence-corrected chi connectivity index (χ2v) is 4.90. The van der Waals surface area contributed by atoms with E-state index in [9.17, 15) is 0 Å². The van der Waals surface area contributed by atoms with Gasteiger partial charge in [-0.2, -0.15) is 0 Å². The Labute approximate surface area is 124 Å². The zero-order chi connectivity index (χ0) is 14.8. The molecule has 3 rings (SSSR count). The van der Waals surface area contributed by atoms with E-state index in [2.05, 4.69) is 23.2 Å². The third-order valence-corrected chi connectivity index (χ3v) is 3.53. The summed E-state index contributed by atoms with van der Waals surface area (Å²) in [6.45, 7) is 2.00. The molecule has 3 nitrogen and oxygen atoms in total. The molecule has 0 bridgehead atoms. The van der Waals surface area contributed by atoms with Crippen molar-refractivity contribution in [2.45, 2.75) is 6.92 Å². The molecule has 1 heterocycles. The fourth-order valence-corrected chi connectivity index (χ4v) is 2.54. The van der Waals surface area contributed by atoms with E-state index < -0.39 is 0 Å². The number of benzene rings is 2. The van der Waals surface area contributed by atoms with E-state index in [-0.39, 0.29) is 0 Å². The van der Waals surface area contributed by atoms with Crippen LogP contribution in [0.2, 0.25) is 0 Å². The van der Waals surface area contributed by atoms with Crippen molar-refractivity contribution in [3.05, 3.63) is 54.2 Å². The van der Waals surface area contributed by atoms with E-state index in [1.54, 1.807) is 14.2 Å². The summed E-state index contributed by atoms with van der Waals surface area (Å²) in [5.41, 5.74) is 4.21. The summed E-state index contributed by atoms with van der Waals surface area (Å²) in [5.74, 6) is 1.41. The fraction of sp³-hybridized carbons (Fsp3) is 0.167. The van der Waals surface area contributed by atoms with Crippen molar-refractivity contribution in [1.29, 1.82) is 0 Å². The van der Waals surface area contributed by atoms with Gasteiger partial charge in [0.25, 0.3) is 0 Å². The standard InChI is InChI=1S/C18H17NO2/c1-12-9-14(13-7-5-4-6-8-13)15-10-17(20-2)18(21-3)11-16(15)19-12/h4-11H,1-3H3. The second-order valence-electron chi connectivity index (χ2n) is 4.90. The van der Waals surface area contributed by atoms with Gasteiger partial charge in [0.2, 0.25) is 0 Å². The number of aromatic nitrogens is 1. The number of fused-ring (bicyclic) bond motifs is 1. The summed E-state index contributed by atoms with van der Waals surface area (Å²) in [4.78, 5) is 4.61. The van der Waals surface area contributed by atoms with E-state index in [1.807, 2.05) is 37.3 Å². The largest absolute Gasteiger partial charge is 0.493 e. The Hall–Kier alpha value is -2.55. The highest BCUT2D eigenvalue weighted by Crippen LogP contribution is 2.36. The maximum Gasteiger partial charge on any atom is 0.162 e. The van der Waals surface area contributed by atoms with Crippen LogP contribution in [0, 0.1) is 6.92 Å². The zero-order valence-electron chi connectivity index (χ0n) is 12.4. The van der Waals surface area contributed by atoms with E-state index in [4.69, 9.17) is 9.47 Å². The van der Waals surface area contributed by atoms with Crippen molar-refractivity contribution in [3.8, 4) is 22.6 Å². The average Bonchev–Trinajstić information content (AvgIpc) is 2.53. The SMILES string of the molecule is COc1cc2nc(C)cc(-c3ccccc3)c2cc1OC. The summed E-state index contributed by atoms with van der Waals surface area (Å²) in [6.07, 6.45) is 0. The van der Waals surface area contributed by atoms with E-state index in [0.29, 0.717) is 11.5 Å². The normalized spacial score (nSPS) is 10.6. The van der Waals surface area contributed by atoms with Crippen LogP contribution in [0.4, 0.5) is 0 Å². The van der Waals surface area contributed by atoms with Gasteiger partial charge in [0.15, 0.2) is 11.5 Å². The molecule has 3 heteroatoms. The molecule has 106 valence electrons. The van der Waals surface area contributed by atoms with Gasteiger partial charge in [0.1, 0.15) is 0 Å². The molecule has 0 radical (unpaired) electrons. The van der Waals surface area contributed by atoms with Crippen LogP contribution in [0.15, 0.2) is 48.5 Å². The summed E-state index contributed by atoms with van der Waals surface area (Å²) < 4.78 is 10.8. The van der Waals surface area contributed by atoms with Gasteiger partial charge >= 0.3 is 0 Å². The minimum absolute atomic E-state index is 0.696. The number of nitrogens with zero attached hydrogens (tertiary/aromatic N) is 1. The van der Waals surface area contributed by atoms with Crippen LogP contribution in [0.3, 0.4) is 0 Å². The molecule has 0 atom stereocenters. The van der Waals surface area contributed by atoms with Crippen molar-refractivity contribution >= 4 is 10.9 Å². The van der Waals surface area contributed by atoms with Crippen molar-refractivity contribution in [1.82, 2.24) is 4.98 Å². The minimum Gasteiger partial charge on any atom is -0.493 e. The Kier molecular flexibility index (Phi) is 3.48. The van der Waals surface area contributed by atoms with Crippen molar-refractivity contribution in [2.24, 2.45) is 0 Å². The van der Waals surface area contributed by atoms with Crippen LogP contribution in [-0.4, -0.2) is 19.2 Å². The average molecular weight is 279 g/mol. The zero-order valence-corrected chi connectivity index (χ0v) is 12.4. The lowest BCUT2D eigenvalue weighted by Crippen LogP contribution is -1.94. The molecule has 0 amide bonds. The predicted molar refractivity (Wildman–Crippen MR) is 85.0 cm³/mol. The molecule has 0 N–H and O–H groups in total. The number of rotatable bonds is 3. The summed E-state index contributed by atoms with van der Waals surface area (Å²) in [7, 11) is 3.28. The molecule has 2 aromatic carbocycles. The molecule has 3 aromatic rings. The Morgan fingerprint density at radius 1 is 0.857 bits per heavy atom. The molecule has 0 saturated carbocycles. The maximum atomic E-state index is 5.41. The highest BCUT2D eigenvalue weighted by Gasteiger charge is 2.11. The molecule has 0 aliphatic rings. The van der Waals surface area contributed by atoms with Crippen molar-refractivity contribution in [3.63, 3.8) is 0 Å². The van der Waals surface area contributed by atoms with Gasteiger partial charge in [0.05, 0.1) is 19.7 Å². The molecule has 0 saturated heterocycles.